The summed E-state index contributed by atoms with van der Waals surface area (Å²) in [7, 11) is 0. The molecule has 2 heteroatoms. The summed E-state index contributed by atoms with van der Waals surface area (Å²) in [5.74, 6) is -0.800. The second-order valence-corrected chi connectivity index (χ2v) is 3.65. The Kier molecular flexibility index (Phi) is 3.89. The molecule has 1 aromatic rings. The van der Waals surface area contributed by atoms with Crippen LogP contribution in [0.25, 0.3) is 0 Å². The van der Waals surface area contributed by atoms with Crippen LogP contribution in [0.2, 0.25) is 0 Å². The zero-order chi connectivity index (χ0) is 11.4. The highest BCUT2D eigenvalue weighted by Gasteiger charge is 2.14. The van der Waals surface area contributed by atoms with Gasteiger partial charge in [-0.2, -0.15) is 0 Å². The fourth-order valence-corrected chi connectivity index (χ4v) is 1.88. The molecule has 0 aliphatic carbocycles. The Morgan fingerprint density at radius 2 is 1.53 bits per heavy atom. The molecule has 0 amide bonds. The lowest BCUT2D eigenvalue weighted by Crippen LogP contribution is -2.07. The van der Waals surface area contributed by atoms with E-state index >= 15 is 0 Å². The smallest absolute Gasteiger partial charge is 0.336 e. The van der Waals surface area contributed by atoms with Crippen LogP contribution in [0.1, 0.15) is 47.8 Å². The summed E-state index contributed by atoms with van der Waals surface area (Å²) in [6.07, 6.45) is 2.52. The highest BCUT2D eigenvalue weighted by molar-refractivity contribution is 5.91. The number of rotatable bonds is 4. The minimum absolute atomic E-state index is 0.511. The van der Waals surface area contributed by atoms with Gasteiger partial charge in [0.2, 0.25) is 0 Å². The Labute approximate surface area is 90.9 Å². The van der Waals surface area contributed by atoms with E-state index in [0.717, 1.165) is 30.4 Å². The number of aromatic carboxylic acids is 1. The van der Waals surface area contributed by atoms with Crippen molar-refractivity contribution >= 4 is 5.97 Å². The maximum Gasteiger partial charge on any atom is 0.336 e. The van der Waals surface area contributed by atoms with Gasteiger partial charge in [0.05, 0.1) is 5.56 Å². The number of benzene rings is 1. The molecule has 15 heavy (non-hydrogen) atoms. The lowest BCUT2D eigenvalue weighted by atomic mass is 9.94. The van der Waals surface area contributed by atoms with E-state index in [9.17, 15) is 9.90 Å². The third-order valence-corrected chi connectivity index (χ3v) is 2.75. The molecule has 1 aromatic carbocycles. The zero-order valence-corrected chi connectivity index (χ0v) is 9.63. The molecular weight excluding hydrogens is 188 g/mol. The lowest BCUT2D eigenvalue weighted by molar-refractivity contribution is 0.0694. The predicted octanol–water partition coefficient (Wildman–Crippen LogP) is 3.07. The largest absolute Gasteiger partial charge is 0.478 e. The second kappa shape index (κ2) is 4.96. The molecule has 0 atom stereocenters. The zero-order valence-electron chi connectivity index (χ0n) is 9.63. The summed E-state index contributed by atoms with van der Waals surface area (Å²) in [5.41, 5.74) is 3.66. The number of carboxylic acid groups (broad SMARTS) is 1. The lowest BCUT2D eigenvalue weighted by Gasteiger charge is -2.11. The van der Waals surface area contributed by atoms with Crippen molar-refractivity contribution in [1.82, 2.24) is 0 Å². The Morgan fingerprint density at radius 1 is 1.07 bits per heavy atom. The van der Waals surface area contributed by atoms with Gasteiger partial charge in [0.25, 0.3) is 0 Å². The summed E-state index contributed by atoms with van der Waals surface area (Å²) < 4.78 is 0. The number of aryl methyl sites for hydroxylation is 3. The first kappa shape index (κ1) is 11.8. The van der Waals surface area contributed by atoms with Gasteiger partial charge in [-0.25, -0.2) is 4.79 Å². The summed E-state index contributed by atoms with van der Waals surface area (Å²) in [6, 6.07) is 4.03. The molecule has 1 rings (SSSR count). The fourth-order valence-electron chi connectivity index (χ4n) is 1.88. The van der Waals surface area contributed by atoms with Gasteiger partial charge in [-0.05, 0) is 36.0 Å². The van der Waals surface area contributed by atoms with Gasteiger partial charge in [-0.1, -0.05) is 32.9 Å². The summed E-state index contributed by atoms with van der Waals surface area (Å²) in [5, 5.41) is 9.17. The van der Waals surface area contributed by atoms with Crippen LogP contribution in [0.3, 0.4) is 0 Å². The van der Waals surface area contributed by atoms with Crippen LogP contribution in [0.15, 0.2) is 12.1 Å². The highest BCUT2D eigenvalue weighted by atomic mass is 16.4. The van der Waals surface area contributed by atoms with E-state index in [4.69, 9.17) is 0 Å². The first-order valence-corrected chi connectivity index (χ1v) is 5.51. The van der Waals surface area contributed by atoms with E-state index in [-0.39, 0.29) is 0 Å². The molecule has 1 N–H and O–H groups in total. The summed E-state index contributed by atoms with van der Waals surface area (Å²) in [4.78, 5) is 11.2. The standard InChI is InChI=1S/C13H18O2/c1-4-9-7-10(5-2)12(13(14)15)11(6-3)8-9/h7-8H,4-6H2,1-3H3,(H,14,15). The summed E-state index contributed by atoms with van der Waals surface area (Å²) in [6.45, 7) is 6.09. The van der Waals surface area contributed by atoms with E-state index in [1.165, 1.54) is 5.56 Å². The Bertz CT molecular complexity index is 342. The molecule has 0 aliphatic rings. The quantitative estimate of drug-likeness (QED) is 0.822. The highest BCUT2D eigenvalue weighted by Crippen LogP contribution is 2.20. The van der Waals surface area contributed by atoms with Crippen molar-refractivity contribution in [3.05, 3.63) is 34.4 Å². The van der Waals surface area contributed by atoms with Crippen molar-refractivity contribution in [2.75, 3.05) is 0 Å². The van der Waals surface area contributed by atoms with Crippen LogP contribution in [0.5, 0.6) is 0 Å². The maximum atomic E-state index is 11.2. The van der Waals surface area contributed by atoms with Crippen LogP contribution in [0, 0.1) is 0 Å². The van der Waals surface area contributed by atoms with Crippen LogP contribution in [-0.4, -0.2) is 11.1 Å². The number of hydrogen-bond donors (Lipinski definition) is 1. The van der Waals surface area contributed by atoms with E-state index in [2.05, 4.69) is 6.92 Å². The average molecular weight is 206 g/mol. The summed E-state index contributed by atoms with van der Waals surface area (Å²) >= 11 is 0. The van der Waals surface area contributed by atoms with Gasteiger partial charge in [-0.3, -0.25) is 0 Å². The molecule has 0 unspecified atom stereocenters. The average Bonchev–Trinajstić information content (AvgIpc) is 2.26. The van der Waals surface area contributed by atoms with Gasteiger partial charge in [-0.15, -0.1) is 0 Å². The molecule has 0 heterocycles. The minimum Gasteiger partial charge on any atom is -0.478 e. The molecule has 0 saturated carbocycles. The fraction of sp³-hybridized carbons (Fsp3) is 0.462. The van der Waals surface area contributed by atoms with Crippen molar-refractivity contribution in [2.45, 2.75) is 40.0 Å². The predicted molar refractivity (Wildman–Crippen MR) is 61.5 cm³/mol. The van der Waals surface area contributed by atoms with Gasteiger partial charge in [0.1, 0.15) is 0 Å². The molecule has 0 aromatic heterocycles. The van der Waals surface area contributed by atoms with Crippen molar-refractivity contribution in [2.24, 2.45) is 0 Å². The normalized spacial score (nSPS) is 10.3. The van der Waals surface area contributed by atoms with Gasteiger partial charge < -0.3 is 5.11 Å². The van der Waals surface area contributed by atoms with Crippen LogP contribution < -0.4 is 0 Å². The third kappa shape index (κ3) is 2.38. The molecular formula is C13H18O2. The first-order valence-electron chi connectivity index (χ1n) is 5.51. The maximum absolute atomic E-state index is 11.2. The Balaban J connectivity index is 3.39. The van der Waals surface area contributed by atoms with Crippen molar-refractivity contribution in [3.63, 3.8) is 0 Å². The first-order chi connectivity index (χ1) is 7.13. The second-order valence-electron chi connectivity index (χ2n) is 3.65. The van der Waals surface area contributed by atoms with Crippen molar-refractivity contribution in [1.29, 1.82) is 0 Å². The number of carboxylic acids is 1. The van der Waals surface area contributed by atoms with Crippen LogP contribution in [0.4, 0.5) is 0 Å². The van der Waals surface area contributed by atoms with Gasteiger partial charge in [0.15, 0.2) is 0 Å². The molecule has 0 bridgehead atoms. The molecule has 82 valence electrons. The van der Waals surface area contributed by atoms with Crippen LogP contribution >= 0.6 is 0 Å². The topological polar surface area (TPSA) is 37.3 Å². The van der Waals surface area contributed by atoms with Gasteiger partial charge >= 0.3 is 5.97 Å². The molecule has 0 aliphatic heterocycles. The van der Waals surface area contributed by atoms with Gasteiger partial charge in [0, 0.05) is 0 Å². The molecule has 2 nitrogen and oxygen atoms in total. The van der Waals surface area contributed by atoms with E-state index in [0.29, 0.717) is 5.56 Å². The number of carbonyl (C=O) groups is 1. The monoisotopic (exact) mass is 206 g/mol. The minimum atomic E-state index is -0.800. The third-order valence-electron chi connectivity index (χ3n) is 2.75. The Morgan fingerprint density at radius 3 is 1.80 bits per heavy atom. The molecule has 0 radical (unpaired) electrons. The molecule has 0 fully saturated rings. The molecule has 0 saturated heterocycles. The SMILES string of the molecule is CCc1cc(CC)c(C(=O)O)c(CC)c1. The van der Waals surface area contributed by atoms with Crippen molar-refractivity contribution in [3.8, 4) is 0 Å². The van der Waals surface area contributed by atoms with E-state index in [1.54, 1.807) is 0 Å². The molecule has 0 spiro atoms. The number of hydrogen-bond acceptors (Lipinski definition) is 1. The van der Waals surface area contributed by atoms with E-state index < -0.39 is 5.97 Å². The Hall–Kier alpha value is -1.31. The van der Waals surface area contributed by atoms with E-state index in [1.807, 2.05) is 26.0 Å². The van der Waals surface area contributed by atoms with Crippen LogP contribution in [-0.2, 0) is 19.3 Å². The van der Waals surface area contributed by atoms with Crippen molar-refractivity contribution < 1.29 is 9.90 Å².